The Morgan fingerprint density at radius 2 is 2.14 bits per heavy atom. The predicted molar refractivity (Wildman–Crippen MR) is 79.2 cm³/mol. The molecule has 0 amide bonds. The molecule has 112 valence electrons. The highest BCUT2D eigenvalue weighted by atomic mass is 32.2. The summed E-state index contributed by atoms with van der Waals surface area (Å²) < 4.78 is 13.1. The van der Waals surface area contributed by atoms with Crippen molar-refractivity contribution in [2.24, 2.45) is 5.73 Å². The maximum absolute atomic E-state index is 13.1. The summed E-state index contributed by atoms with van der Waals surface area (Å²) in [6.07, 6.45) is 0. The lowest BCUT2D eigenvalue weighted by molar-refractivity contribution is -0.430. The largest absolute Gasteiger partial charge is 0.384 e. The van der Waals surface area contributed by atoms with Crippen molar-refractivity contribution < 1.29 is 9.31 Å². The van der Waals surface area contributed by atoms with E-state index in [-0.39, 0.29) is 17.1 Å². The molecular weight excluding hydrogens is 307 g/mol. The molecule has 0 spiro atoms. The van der Waals surface area contributed by atoms with Crippen molar-refractivity contribution in [3.8, 4) is 6.07 Å². The molecule has 0 bridgehead atoms. The molecule has 2 aliphatic rings. The van der Waals surface area contributed by atoms with Crippen molar-refractivity contribution in [1.29, 1.82) is 5.26 Å². The third kappa shape index (κ3) is 2.10. The first-order valence-electron chi connectivity index (χ1n) is 6.48. The zero-order valence-electron chi connectivity index (χ0n) is 11.3. The number of nitrogens with zero attached hydrogens (tertiary/aromatic N) is 3. The van der Waals surface area contributed by atoms with Crippen molar-refractivity contribution >= 4 is 11.8 Å². The van der Waals surface area contributed by atoms with E-state index in [1.807, 2.05) is 6.07 Å². The summed E-state index contributed by atoms with van der Waals surface area (Å²) in [6.45, 7) is 0.532. The van der Waals surface area contributed by atoms with Crippen LogP contribution >= 0.6 is 11.8 Å². The minimum Gasteiger partial charge on any atom is -0.384 e. The van der Waals surface area contributed by atoms with E-state index in [2.05, 4.69) is 0 Å². The summed E-state index contributed by atoms with van der Waals surface area (Å²) in [4.78, 5) is 12.7. The van der Waals surface area contributed by atoms with Gasteiger partial charge in [-0.25, -0.2) is 4.39 Å². The molecular formula is C14H11FN4O2S. The van der Waals surface area contributed by atoms with Crippen molar-refractivity contribution in [2.75, 3.05) is 12.3 Å². The number of halogens is 1. The molecule has 2 aliphatic heterocycles. The molecule has 6 nitrogen and oxygen atoms in total. The molecule has 2 heterocycles. The van der Waals surface area contributed by atoms with Crippen LogP contribution in [0.3, 0.4) is 0 Å². The van der Waals surface area contributed by atoms with Gasteiger partial charge in [0.2, 0.25) is 0 Å². The fourth-order valence-electron chi connectivity index (χ4n) is 2.69. The molecule has 1 aromatic rings. The first-order chi connectivity index (χ1) is 10.5. The molecule has 0 radical (unpaired) electrons. The summed E-state index contributed by atoms with van der Waals surface area (Å²) in [5.74, 6) is -0.413. The Kier molecular flexibility index (Phi) is 3.50. The van der Waals surface area contributed by atoms with Crippen LogP contribution in [0, 0.1) is 27.3 Å². The number of nitriles is 1. The Bertz CT molecular complexity index is 751. The number of hydrogen-bond donors (Lipinski definition) is 1. The van der Waals surface area contributed by atoms with Gasteiger partial charge in [-0.1, -0.05) is 23.9 Å². The zero-order valence-corrected chi connectivity index (χ0v) is 12.1. The van der Waals surface area contributed by atoms with E-state index in [1.165, 1.54) is 36.0 Å². The van der Waals surface area contributed by atoms with Gasteiger partial charge in [0.15, 0.2) is 5.03 Å². The van der Waals surface area contributed by atoms with Crippen molar-refractivity contribution in [3.05, 3.63) is 67.9 Å². The molecule has 8 heteroatoms. The summed E-state index contributed by atoms with van der Waals surface area (Å²) >= 11 is 1.35. The van der Waals surface area contributed by atoms with E-state index in [0.29, 0.717) is 22.9 Å². The van der Waals surface area contributed by atoms with Crippen LogP contribution in [0.1, 0.15) is 11.5 Å². The minimum atomic E-state index is -0.877. The molecule has 1 unspecified atom stereocenters. The molecule has 3 rings (SSSR count). The second-order valence-corrected chi connectivity index (χ2v) is 5.93. The Hall–Kier alpha value is -2.53. The number of fused-ring (bicyclic) bond motifs is 1. The lowest BCUT2D eigenvalue weighted by Crippen LogP contribution is -2.33. The topological polar surface area (TPSA) is 96.2 Å². The van der Waals surface area contributed by atoms with Gasteiger partial charge in [-0.3, -0.25) is 10.1 Å². The third-order valence-corrected chi connectivity index (χ3v) is 4.76. The number of hydrogen-bond acceptors (Lipinski definition) is 6. The standard InChI is InChI=1S/C14H11FN4O2S/c15-9-3-1-8(2-4-9)11-10(7-16)13(17)18-5-6-22-14(18)12(11)19(20)21/h1-4,11H,5-6,17H2. The number of allylic oxidation sites excluding steroid dienone is 1. The highest BCUT2D eigenvalue weighted by Crippen LogP contribution is 2.46. The molecule has 1 saturated heterocycles. The van der Waals surface area contributed by atoms with E-state index >= 15 is 0 Å². The van der Waals surface area contributed by atoms with Crippen LogP contribution in [0.2, 0.25) is 0 Å². The quantitative estimate of drug-likeness (QED) is 0.662. The summed E-state index contributed by atoms with van der Waals surface area (Å²) in [5.41, 5.74) is 6.57. The van der Waals surface area contributed by atoms with Crippen LogP contribution < -0.4 is 5.73 Å². The van der Waals surface area contributed by atoms with Crippen LogP contribution in [-0.4, -0.2) is 22.1 Å². The number of rotatable bonds is 2. The van der Waals surface area contributed by atoms with E-state index in [9.17, 15) is 19.8 Å². The predicted octanol–water partition coefficient (Wildman–Crippen LogP) is 2.11. The highest BCUT2D eigenvalue weighted by Gasteiger charge is 2.44. The number of nitrogens with two attached hydrogens (primary N) is 1. The van der Waals surface area contributed by atoms with Crippen molar-refractivity contribution in [3.63, 3.8) is 0 Å². The summed E-state index contributed by atoms with van der Waals surface area (Å²) in [5, 5.41) is 21.5. The Morgan fingerprint density at radius 3 is 2.73 bits per heavy atom. The molecule has 0 aliphatic carbocycles. The molecule has 1 aromatic carbocycles. The van der Waals surface area contributed by atoms with Crippen molar-refractivity contribution in [2.45, 2.75) is 5.92 Å². The lowest BCUT2D eigenvalue weighted by Gasteiger charge is -2.29. The number of thioether (sulfide) groups is 1. The van der Waals surface area contributed by atoms with E-state index in [4.69, 9.17) is 5.73 Å². The van der Waals surface area contributed by atoms with Gasteiger partial charge < -0.3 is 10.6 Å². The third-order valence-electron chi connectivity index (χ3n) is 3.67. The van der Waals surface area contributed by atoms with Crippen molar-refractivity contribution in [1.82, 2.24) is 4.90 Å². The normalized spacial score (nSPS) is 20.9. The number of benzene rings is 1. The van der Waals surface area contributed by atoms with Crippen LogP contribution in [0.15, 0.2) is 46.4 Å². The van der Waals surface area contributed by atoms with Gasteiger partial charge in [0, 0.05) is 12.3 Å². The average molecular weight is 318 g/mol. The maximum Gasteiger partial charge on any atom is 0.288 e. The average Bonchev–Trinajstić information content (AvgIpc) is 2.97. The van der Waals surface area contributed by atoms with Gasteiger partial charge >= 0.3 is 0 Å². The minimum absolute atomic E-state index is 0.0696. The molecule has 2 N–H and O–H groups in total. The van der Waals surface area contributed by atoms with Gasteiger partial charge in [0.25, 0.3) is 5.70 Å². The first-order valence-corrected chi connectivity index (χ1v) is 7.47. The van der Waals surface area contributed by atoms with Gasteiger partial charge in [0.05, 0.1) is 16.6 Å². The second-order valence-electron chi connectivity index (χ2n) is 4.84. The van der Waals surface area contributed by atoms with Crippen LogP contribution in [0.4, 0.5) is 4.39 Å². The molecule has 0 aromatic heterocycles. The zero-order chi connectivity index (χ0) is 15.9. The maximum atomic E-state index is 13.1. The lowest BCUT2D eigenvalue weighted by atomic mass is 9.87. The van der Waals surface area contributed by atoms with Gasteiger partial charge in [-0.15, -0.1) is 0 Å². The molecule has 1 fully saturated rings. The number of nitro groups is 1. The fourth-order valence-corrected chi connectivity index (χ4v) is 3.85. The summed E-state index contributed by atoms with van der Waals surface area (Å²) in [7, 11) is 0. The van der Waals surface area contributed by atoms with Gasteiger partial charge in [0.1, 0.15) is 17.6 Å². The van der Waals surface area contributed by atoms with E-state index in [1.54, 1.807) is 4.90 Å². The van der Waals surface area contributed by atoms with Crippen LogP contribution in [0.25, 0.3) is 0 Å². The van der Waals surface area contributed by atoms with E-state index < -0.39 is 16.7 Å². The molecule has 22 heavy (non-hydrogen) atoms. The van der Waals surface area contributed by atoms with Gasteiger partial charge in [-0.2, -0.15) is 5.26 Å². The van der Waals surface area contributed by atoms with Crippen LogP contribution in [0.5, 0.6) is 0 Å². The highest BCUT2D eigenvalue weighted by molar-refractivity contribution is 8.03. The Labute approximate surface area is 129 Å². The summed E-state index contributed by atoms with van der Waals surface area (Å²) in [6, 6.07) is 7.32. The SMILES string of the molecule is N#CC1=C(N)N2CCSC2=C([N+](=O)[O-])C1c1ccc(F)cc1. The molecule has 1 atom stereocenters. The van der Waals surface area contributed by atoms with Gasteiger partial charge in [-0.05, 0) is 17.7 Å². The van der Waals surface area contributed by atoms with Crippen LogP contribution in [-0.2, 0) is 0 Å². The Morgan fingerprint density at radius 1 is 1.45 bits per heavy atom. The smallest absolute Gasteiger partial charge is 0.288 e. The van der Waals surface area contributed by atoms with E-state index in [0.717, 1.165) is 0 Å². The second kappa shape index (κ2) is 5.35. The fraction of sp³-hybridized carbons (Fsp3) is 0.214. The molecule has 0 saturated carbocycles. The Balaban J connectivity index is 2.23. The monoisotopic (exact) mass is 318 g/mol. The first kappa shape index (κ1) is 14.4.